The maximum Gasteiger partial charge on any atom is 0.449 e. The van der Waals surface area contributed by atoms with Crippen molar-refractivity contribution in [1.29, 1.82) is 0 Å². The average molecular weight is 403 g/mol. The number of benzene rings is 1. The highest BCUT2D eigenvalue weighted by molar-refractivity contribution is 5.81. The largest absolute Gasteiger partial charge is 0.449 e. The fourth-order valence-corrected chi connectivity index (χ4v) is 3.64. The molecular weight excluding hydrogens is 383 g/mol. The molecule has 8 heteroatoms. The van der Waals surface area contributed by atoms with E-state index in [1.54, 1.807) is 30.4 Å². The van der Waals surface area contributed by atoms with Crippen molar-refractivity contribution in [1.82, 2.24) is 14.5 Å². The van der Waals surface area contributed by atoms with Crippen LogP contribution in [-0.2, 0) is 10.9 Å². The highest BCUT2D eigenvalue weighted by Gasteiger charge is 2.39. The van der Waals surface area contributed by atoms with Crippen LogP contribution in [0.5, 0.6) is 0 Å². The first-order chi connectivity index (χ1) is 13.9. The van der Waals surface area contributed by atoms with Crippen LogP contribution in [0.2, 0.25) is 0 Å². The molecule has 0 bridgehead atoms. The van der Waals surface area contributed by atoms with E-state index in [0.29, 0.717) is 54.5 Å². The van der Waals surface area contributed by atoms with Crippen LogP contribution in [0.1, 0.15) is 43.1 Å². The Kier molecular flexibility index (Phi) is 5.04. The summed E-state index contributed by atoms with van der Waals surface area (Å²) in [7, 11) is 0. The standard InChI is InChI=1S/C21H20F3N3O2/c1-3-5-15-18(4-2)29-19(25-15)13-6-7-17-16(12-13)26-20(21(22,23)24)27(17)14-8-10-28-11-9-14/h3-7,12,14H,2,8-11H2,1H3/b5-3-. The normalized spacial score (nSPS) is 16.1. The van der Waals surface area contributed by atoms with E-state index in [2.05, 4.69) is 16.5 Å². The second kappa shape index (κ2) is 7.51. The van der Waals surface area contributed by atoms with Crippen LogP contribution in [0.4, 0.5) is 13.2 Å². The van der Waals surface area contributed by atoms with Gasteiger partial charge in [-0.1, -0.05) is 12.7 Å². The second-order valence-corrected chi connectivity index (χ2v) is 6.82. The summed E-state index contributed by atoms with van der Waals surface area (Å²) in [5.41, 5.74) is 1.87. The molecule has 152 valence electrons. The molecule has 4 rings (SSSR count). The zero-order valence-corrected chi connectivity index (χ0v) is 15.9. The summed E-state index contributed by atoms with van der Waals surface area (Å²) in [5, 5.41) is 0. The van der Waals surface area contributed by atoms with Gasteiger partial charge < -0.3 is 13.7 Å². The Bertz CT molecular complexity index is 1070. The van der Waals surface area contributed by atoms with E-state index in [1.165, 1.54) is 4.57 Å². The van der Waals surface area contributed by atoms with Gasteiger partial charge in [0.1, 0.15) is 5.69 Å². The Hall–Kier alpha value is -2.87. The summed E-state index contributed by atoms with van der Waals surface area (Å²) in [6, 6.07) is 4.64. The van der Waals surface area contributed by atoms with E-state index >= 15 is 0 Å². The minimum absolute atomic E-state index is 0.257. The predicted molar refractivity (Wildman–Crippen MR) is 104 cm³/mol. The number of imidazole rings is 1. The van der Waals surface area contributed by atoms with Crippen molar-refractivity contribution in [2.45, 2.75) is 32.0 Å². The van der Waals surface area contributed by atoms with Gasteiger partial charge in [-0.05, 0) is 50.1 Å². The van der Waals surface area contributed by atoms with Crippen molar-refractivity contribution in [3.63, 3.8) is 0 Å². The molecule has 0 saturated carbocycles. The lowest BCUT2D eigenvalue weighted by molar-refractivity contribution is -0.148. The van der Waals surface area contributed by atoms with E-state index in [0.717, 1.165) is 0 Å². The molecule has 5 nitrogen and oxygen atoms in total. The van der Waals surface area contributed by atoms with Gasteiger partial charge in [-0.25, -0.2) is 9.97 Å². The first-order valence-corrected chi connectivity index (χ1v) is 9.35. The minimum atomic E-state index is -4.55. The minimum Gasteiger partial charge on any atom is -0.436 e. The van der Waals surface area contributed by atoms with Gasteiger partial charge in [0.25, 0.3) is 0 Å². The van der Waals surface area contributed by atoms with Gasteiger partial charge >= 0.3 is 6.18 Å². The van der Waals surface area contributed by atoms with E-state index < -0.39 is 12.0 Å². The molecule has 0 unspecified atom stereocenters. The number of fused-ring (bicyclic) bond motifs is 1. The highest BCUT2D eigenvalue weighted by Crippen LogP contribution is 2.37. The van der Waals surface area contributed by atoms with Crippen LogP contribution < -0.4 is 0 Å². The van der Waals surface area contributed by atoms with Crippen molar-refractivity contribution < 1.29 is 22.3 Å². The third-order valence-corrected chi connectivity index (χ3v) is 4.94. The maximum atomic E-state index is 13.7. The number of aromatic nitrogens is 3. The summed E-state index contributed by atoms with van der Waals surface area (Å²) < 4.78 is 53.4. The lowest BCUT2D eigenvalue weighted by Crippen LogP contribution is -2.24. The molecule has 0 N–H and O–H groups in total. The molecule has 0 spiro atoms. The lowest BCUT2D eigenvalue weighted by Gasteiger charge is -2.26. The number of hydrogen-bond donors (Lipinski definition) is 0. The predicted octanol–water partition coefficient (Wildman–Crippen LogP) is 5.74. The van der Waals surface area contributed by atoms with Crippen LogP contribution in [0.15, 0.2) is 35.3 Å². The molecular formula is C21H20F3N3O2. The summed E-state index contributed by atoms with van der Waals surface area (Å²) in [6.45, 7) is 6.44. The maximum absolute atomic E-state index is 13.7. The molecule has 0 aliphatic carbocycles. The van der Waals surface area contributed by atoms with Gasteiger partial charge in [0.2, 0.25) is 11.7 Å². The molecule has 3 aromatic rings. The fourth-order valence-electron chi connectivity index (χ4n) is 3.64. The molecule has 29 heavy (non-hydrogen) atoms. The summed E-state index contributed by atoms with van der Waals surface area (Å²) >= 11 is 0. The molecule has 1 aromatic carbocycles. The number of alkyl halides is 3. The number of allylic oxidation sites excluding steroid dienone is 1. The van der Waals surface area contributed by atoms with E-state index in [-0.39, 0.29) is 11.6 Å². The molecule has 1 fully saturated rings. The molecule has 3 heterocycles. The van der Waals surface area contributed by atoms with Crippen molar-refractivity contribution >= 4 is 23.2 Å². The summed E-state index contributed by atoms with van der Waals surface area (Å²) in [5.74, 6) is -0.0728. The Morgan fingerprint density at radius 1 is 1.21 bits per heavy atom. The van der Waals surface area contributed by atoms with Crippen LogP contribution in [0, 0.1) is 0 Å². The second-order valence-electron chi connectivity index (χ2n) is 6.82. The number of oxazole rings is 1. The Morgan fingerprint density at radius 3 is 2.62 bits per heavy atom. The number of rotatable bonds is 4. The first kappa shape index (κ1) is 19.4. The van der Waals surface area contributed by atoms with Crippen LogP contribution in [0.25, 0.3) is 34.6 Å². The first-order valence-electron chi connectivity index (χ1n) is 9.35. The molecule has 0 amide bonds. The third-order valence-electron chi connectivity index (χ3n) is 4.94. The van der Waals surface area contributed by atoms with Crippen molar-refractivity contribution in [2.24, 2.45) is 0 Å². The number of halogens is 3. The molecule has 1 aliphatic rings. The van der Waals surface area contributed by atoms with Crippen molar-refractivity contribution in [2.75, 3.05) is 13.2 Å². The Balaban J connectivity index is 1.84. The van der Waals surface area contributed by atoms with E-state index in [1.807, 2.05) is 13.0 Å². The zero-order chi connectivity index (χ0) is 20.6. The number of ether oxygens (including phenoxy) is 1. The zero-order valence-electron chi connectivity index (χ0n) is 15.9. The van der Waals surface area contributed by atoms with Crippen molar-refractivity contribution in [3.05, 3.63) is 48.1 Å². The van der Waals surface area contributed by atoms with E-state index in [4.69, 9.17) is 9.15 Å². The van der Waals surface area contributed by atoms with Crippen LogP contribution in [0.3, 0.4) is 0 Å². The molecule has 1 aliphatic heterocycles. The smallest absolute Gasteiger partial charge is 0.436 e. The highest BCUT2D eigenvalue weighted by atomic mass is 19.4. The molecule has 0 radical (unpaired) electrons. The quantitative estimate of drug-likeness (QED) is 0.558. The van der Waals surface area contributed by atoms with Gasteiger partial charge in [0, 0.05) is 24.8 Å². The topological polar surface area (TPSA) is 53.1 Å². The summed E-state index contributed by atoms with van der Waals surface area (Å²) in [4.78, 5) is 8.34. The monoisotopic (exact) mass is 403 g/mol. The molecule has 1 saturated heterocycles. The molecule has 0 atom stereocenters. The van der Waals surface area contributed by atoms with E-state index in [9.17, 15) is 13.2 Å². The van der Waals surface area contributed by atoms with Gasteiger partial charge in [0.15, 0.2) is 5.76 Å². The van der Waals surface area contributed by atoms with Crippen LogP contribution in [-0.4, -0.2) is 27.7 Å². The fraction of sp³-hybridized carbons (Fsp3) is 0.333. The van der Waals surface area contributed by atoms with Crippen LogP contribution >= 0.6 is 0 Å². The SMILES string of the molecule is C=Cc1oc(-c2ccc3c(c2)nc(C(F)(F)F)n3C2CCOCC2)nc1/C=C\C. The average Bonchev–Trinajstić information content (AvgIpc) is 3.29. The van der Waals surface area contributed by atoms with Gasteiger partial charge in [-0.3, -0.25) is 0 Å². The van der Waals surface area contributed by atoms with Crippen molar-refractivity contribution in [3.8, 4) is 11.5 Å². The number of nitrogens with zero attached hydrogens (tertiary/aromatic N) is 3. The Morgan fingerprint density at radius 2 is 1.97 bits per heavy atom. The summed E-state index contributed by atoms with van der Waals surface area (Å²) in [6.07, 6.45) is 1.64. The molecule has 2 aromatic heterocycles. The van der Waals surface area contributed by atoms with Gasteiger partial charge in [0.05, 0.1) is 11.0 Å². The van der Waals surface area contributed by atoms with Gasteiger partial charge in [-0.2, -0.15) is 13.2 Å². The van der Waals surface area contributed by atoms with Gasteiger partial charge in [-0.15, -0.1) is 0 Å². The third kappa shape index (κ3) is 3.60. The Labute approximate surface area is 165 Å². The lowest BCUT2D eigenvalue weighted by atomic mass is 10.1. The number of hydrogen-bond acceptors (Lipinski definition) is 4.